The Hall–Kier alpha value is -6.65. The third-order valence-electron chi connectivity index (χ3n) is 12.8. The maximum atomic E-state index is 5.32. The van der Waals surface area contributed by atoms with Crippen LogP contribution in [0.5, 0.6) is 0 Å². The molecule has 6 aliphatic rings. The average molecular weight is 751 g/mol. The Balaban J connectivity index is 0.920. The van der Waals surface area contributed by atoms with Crippen LogP contribution >= 0.6 is 0 Å². The SMILES string of the molecule is CC1CC=CC=C2c3ccccc3N(c3cccc(C4=CC5c6ccccc6N(c6cccc(C7N=C(c8ccccc8)C=C(C8C=CC=CC8)N7)c6)C5C=C4)c3)C21. The highest BCUT2D eigenvalue weighted by Crippen LogP contribution is 2.51. The van der Waals surface area contributed by atoms with Gasteiger partial charge in [-0.3, -0.25) is 4.99 Å². The molecule has 4 nitrogen and oxygen atoms in total. The molecule has 0 aromatic heterocycles. The molecule has 5 aromatic rings. The summed E-state index contributed by atoms with van der Waals surface area (Å²) in [6.45, 7) is 2.39. The third-order valence-corrected chi connectivity index (χ3v) is 12.8. The highest BCUT2D eigenvalue weighted by molar-refractivity contribution is 6.09. The van der Waals surface area contributed by atoms with Crippen molar-refractivity contribution >= 4 is 39.6 Å². The van der Waals surface area contributed by atoms with Crippen molar-refractivity contribution in [1.82, 2.24) is 5.32 Å². The summed E-state index contributed by atoms with van der Waals surface area (Å²) in [6.07, 6.45) is 27.1. The molecule has 3 heterocycles. The third kappa shape index (κ3) is 5.94. The van der Waals surface area contributed by atoms with Crippen molar-refractivity contribution in [3.8, 4) is 0 Å². The number of aliphatic imine (C=N–C) groups is 1. The number of hydrogen-bond donors (Lipinski definition) is 1. The minimum absolute atomic E-state index is 0.161. The molecular weight excluding hydrogens is 705 g/mol. The average Bonchev–Trinajstić information content (AvgIpc) is 3.73. The molecule has 0 saturated carbocycles. The van der Waals surface area contributed by atoms with E-state index in [1.807, 2.05) is 0 Å². The van der Waals surface area contributed by atoms with E-state index >= 15 is 0 Å². The van der Waals surface area contributed by atoms with Gasteiger partial charge in [-0.05, 0) is 94.6 Å². The first kappa shape index (κ1) is 34.6. The van der Waals surface area contributed by atoms with Crippen LogP contribution in [0.15, 0.2) is 205 Å². The number of rotatable bonds is 6. The summed E-state index contributed by atoms with van der Waals surface area (Å²) in [4.78, 5) is 10.4. The zero-order valence-corrected chi connectivity index (χ0v) is 32.7. The second-order valence-electron chi connectivity index (χ2n) is 16.3. The lowest BCUT2D eigenvalue weighted by Gasteiger charge is -2.33. The number of anilines is 4. The van der Waals surface area contributed by atoms with Crippen LogP contribution in [-0.4, -0.2) is 17.8 Å². The van der Waals surface area contributed by atoms with E-state index in [0.717, 1.165) is 29.7 Å². The molecule has 6 unspecified atom stereocenters. The summed E-state index contributed by atoms with van der Waals surface area (Å²) < 4.78 is 0. The molecule has 3 aliphatic carbocycles. The molecule has 4 heteroatoms. The second kappa shape index (κ2) is 14.4. The topological polar surface area (TPSA) is 30.9 Å². The summed E-state index contributed by atoms with van der Waals surface area (Å²) in [5.74, 6) is 1.00. The van der Waals surface area contributed by atoms with Gasteiger partial charge in [-0.1, -0.05) is 159 Å². The van der Waals surface area contributed by atoms with Gasteiger partial charge in [-0.2, -0.15) is 0 Å². The molecule has 282 valence electrons. The Morgan fingerprint density at radius 1 is 0.672 bits per heavy atom. The van der Waals surface area contributed by atoms with Crippen LogP contribution in [0, 0.1) is 11.8 Å². The lowest BCUT2D eigenvalue weighted by atomic mass is 9.86. The highest BCUT2D eigenvalue weighted by Gasteiger charge is 2.40. The predicted molar refractivity (Wildman–Crippen MR) is 242 cm³/mol. The quantitative estimate of drug-likeness (QED) is 0.187. The predicted octanol–water partition coefficient (Wildman–Crippen LogP) is 12.6. The molecule has 0 saturated heterocycles. The van der Waals surface area contributed by atoms with Crippen LogP contribution in [0.2, 0.25) is 0 Å². The molecule has 0 amide bonds. The largest absolute Gasteiger partial charge is 0.363 e. The minimum Gasteiger partial charge on any atom is -0.363 e. The number of hydrogen-bond acceptors (Lipinski definition) is 4. The number of nitrogens with one attached hydrogen (secondary N) is 1. The van der Waals surface area contributed by atoms with Crippen molar-refractivity contribution in [2.45, 2.75) is 43.9 Å². The van der Waals surface area contributed by atoms with Crippen molar-refractivity contribution in [3.63, 3.8) is 0 Å². The fraction of sp³-hybridized carbons (Fsp3) is 0.167. The van der Waals surface area contributed by atoms with Crippen molar-refractivity contribution < 1.29 is 0 Å². The van der Waals surface area contributed by atoms with Gasteiger partial charge in [0.25, 0.3) is 0 Å². The summed E-state index contributed by atoms with van der Waals surface area (Å²) >= 11 is 0. The van der Waals surface area contributed by atoms with Crippen molar-refractivity contribution in [1.29, 1.82) is 0 Å². The second-order valence-corrected chi connectivity index (χ2v) is 16.3. The fourth-order valence-corrected chi connectivity index (χ4v) is 10.0. The van der Waals surface area contributed by atoms with E-state index in [-0.39, 0.29) is 18.1 Å². The molecular formula is C54H46N4. The van der Waals surface area contributed by atoms with E-state index in [1.165, 1.54) is 56.3 Å². The Bertz CT molecular complexity index is 2670. The molecule has 58 heavy (non-hydrogen) atoms. The molecule has 0 radical (unpaired) electrons. The van der Waals surface area contributed by atoms with Gasteiger partial charge in [0.2, 0.25) is 0 Å². The molecule has 0 fully saturated rings. The van der Waals surface area contributed by atoms with E-state index in [2.05, 4.69) is 216 Å². The molecule has 11 rings (SSSR count). The maximum Gasteiger partial charge on any atom is 0.145 e. The van der Waals surface area contributed by atoms with Crippen molar-refractivity contribution in [3.05, 3.63) is 228 Å². The molecule has 0 spiro atoms. The van der Waals surface area contributed by atoms with E-state index in [4.69, 9.17) is 4.99 Å². The van der Waals surface area contributed by atoms with Gasteiger partial charge in [-0.25, -0.2) is 0 Å². The fourth-order valence-electron chi connectivity index (χ4n) is 10.0. The summed E-state index contributed by atoms with van der Waals surface area (Å²) in [7, 11) is 0. The van der Waals surface area contributed by atoms with Crippen LogP contribution < -0.4 is 15.1 Å². The monoisotopic (exact) mass is 750 g/mol. The smallest absolute Gasteiger partial charge is 0.145 e. The van der Waals surface area contributed by atoms with E-state index in [1.54, 1.807) is 0 Å². The Morgan fingerprint density at radius 2 is 1.45 bits per heavy atom. The Morgan fingerprint density at radius 3 is 2.33 bits per heavy atom. The molecule has 6 atom stereocenters. The van der Waals surface area contributed by atoms with E-state index in [0.29, 0.717) is 17.9 Å². The highest BCUT2D eigenvalue weighted by atomic mass is 15.2. The number of para-hydroxylation sites is 2. The maximum absolute atomic E-state index is 5.32. The van der Waals surface area contributed by atoms with E-state index in [9.17, 15) is 0 Å². The molecule has 1 N–H and O–H groups in total. The van der Waals surface area contributed by atoms with Gasteiger partial charge in [0.05, 0.1) is 17.8 Å². The minimum atomic E-state index is -0.199. The van der Waals surface area contributed by atoms with Crippen LogP contribution in [0.4, 0.5) is 22.7 Å². The van der Waals surface area contributed by atoms with Gasteiger partial charge in [0.1, 0.15) is 6.17 Å². The zero-order chi connectivity index (χ0) is 38.6. The lowest BCUT2D eigenvalue weighted by molar-refractivity contribution is 0.539. The van der Waals surface area contributed by atoms with Gasteiger partial charge in [0, 0.05) is 45.8 Å². The van der Waals surface area contributed by atoms with E-state index < -0.39 is 0 Å². The molecule has 5 aromatic carbocycles. The standard InChI is InChI=1S/C54H46N4/c1-36-16-8-9-27-46-44-25-10-13-29-51(44)58(53(36)46)43-24-14-21-39(32-43)40-30-31-52-47(34-40)45-26-11-12-28-50(45)57(52)42-23-15-22-41(33-42)54-55-48(37-17-4-2-5-18-37)35-49(56-54)38-19-6-3-7-20-38/h2-15,17-19,21-36,38,47,52-54,56H,16,20H2,1H3. The number of benzene rings is 5. The van der Waals surface area contributed by atoms with Gasteiger partial charge < -0.3 is 15.1 Å². The normalized spacial score (nSPS) is 25.1. The summed E-state index contributed by atoms with van der Waals surface area (Å²) in [5.41, 5.74) is 16.2. The molecule has 0 bridgehead atoms. The van der Waals surface area contributed by atoms with Crippen LogP contribution in [0.3, 0.4) is 0 Å². The first-order chi connectivity index (χ1) is 28.7. The summed E-state index contributed by atoms with van der Waals surface area (Å²) in [6, 6.07) is 47.2. The van der Waals surface area contributed by atoms with Gasteiger partial charge in [-0.15, -0.1) is 0 Å². The number of allylic oxidation sites excluding steroid dienone is 10. The van der Waals surface area contributed by atoms with Crippen LogP contribution in [0.1, 0.15) is 59.7 Å². The lowest BCUT2D eigenvalue weighted by Crippen LogP contribution is -2.32. The first-order valence-electron chi connectivity index (χ1n) is 20.9. The Kier molecular flexibility index (Phi) is 8.57. The van der Waals surface area contributed by atoms with Crippen molar-refractivity contribution in [2.75, 3.05) is 9.80 Å². The summed E-state index contributed by atoms with van der Waals surface area (Å²) in [5, 5.41) is 3.84. The number of nitrogens with zero attached hydrogens (tertiary/aromatic N) is 3. The first-order valence-corrected chi connectivity index (χ1v) is 20.9. The zero-order valence-electron chi connectivity index (χ0n) is 32.7. The van der Waals surface area contributed by atoms with Crippen LogP contribution in [-0.2, 0) is 0 Å². The number of fused-ring (bicyclic) bond motifs is 6. The van der Waals surface area contributed by atoms with Gasteiger partial charge >= 0.3 is 0 Å². The van der Waals surface area contributed by atoms with Gasteiger partial charge in [0.15, 0.2) is 0 Å². The van der Waals surface area contributed by atoms with Crippen LogP contribution in [0.25, 0.3) is 11.1 Å². The Labute approximate surface area is 342 Å². The van der Waals surface area contributed by atoms with Crippen molar-refractivity contribution in [2.24, 2.45) is 16.8 Å². The molecule has 3 aliphatic heterocycles.